The van der Waals surface area contributed by atoms with E-state index < -0.39 is 80.1 Å². The Morgan fingerprint density at radius 2 is 0.787 bits per heavy atom. The molecule has 3 aromatic rings. The Hall–Kier alpha value is -3.35. The predicted molar refractivity (Wildman–Crippen MR) is 304 cm³/mol. The average Bonchev–Trinajstić information content (AvgIpc) is 3.59. The zero-order valence-electron chi connectivity index (χ0n) is 50.5. The summed E-state index contributed by atoms with van der Waals surface area (Å²) in [7, 11) is 0. The van der Waals surface area contributed by atoms with Gasteiger partial charge in [0.2, 0.25) is 0 Å². The number of carbonyl (C=O) groups excluding carboxylic acids is 1. The van der Waals surface area contributed by atoms with Gasteiger partial charge in [-0.1, -0.05) is 181 Å². The van der Waals surface area contributed by atoms with Crippen LogP contribution in [0.4, 0.5) is 0 Å². The molecule has 10 unspecified atom stereocenters. The number of hydrogen-bond donors (Lipinski definition) is 0. The fourth-order valence-corrected chi connectivity index (χ4v) is 12.9. The zero-order chi connectivity index (χ0) is 57.2. The molecule has 446 valence electrons. The maximum Gasteiger partial charge on any atom is 0.303 e. The molecule has 0 N–H and O–H groups in total. The second kappa shape index (κ2) is 29.4. The van der Waals surface area contributed by atoms with E-state index in [1.165, 1.54) is 6.92 Å². The Morgan fingerprint density at radius 1 is 0.362 bits per heavy atom. The molecule has 25 atom stereocenters. The van der Waals surface area contributed by atoms with E-state index in [9.17, 15) is 4.79 Å². The van der Waals surface area contributed by atoms with E-state index in [1.54, 1.807) is 0 Å². The van der Waals surface area contributed by atoms with E-state index in [0.717, 1.165) is 36.0 Å². The SMILES string of the molecule is CCC1O[C@@H](O[C@@H]2C(OCc3ccccc3)[C@H](O[C@@H]3C(COCc4ccccc4)O[C@@H](OCc4ccccc4)C(C)[C@H]3C)OC(CO[C@H]3OC(CC)[C@@H](C)[C@H](C)C3O[C@@H]3OC(CC)[C@@H](C)[C@H](C)C3C)[C@H]2C)[C@@H](OC(C)=O)C(C)[C@H]1C. The van der Waals surface area contributed by atoms with Crippen molar-refractivity contribution in [2.24, 2.45) is 59.2 Å². The quantitative estimate of drug-likeness (QED) is 0.0833. The van der Waals surface area contributed by atoms with Crippen molar-refractivity contribution >= 4 is 5.97 Å². The minimum Gasteiger partial charge on any atom is -0.457 e. The standard InChI is InChI=1S/C66H98O14/c1-15-52-39(5)38(4)45(11)63(73-52)80-59-42(8)40(6)53(16-2)74-64(59)71-37-55-47(13)58(79-65-60(72-48(14)67)43(9)41(7)54(17-3)75-65)61(69-34-50-29-23-19-24-30-50)66(76-55)78-57-44(10)46(12)62(70-35-51-31-25-20-26-32-51)77-56(57)36-68-33-49-27-21-18-22-28-49/h18-32,38-47,52-66H,15-17,33-37H2,1-14H3/t38-,39-,40-,41+,42-,43?,44+,45?,46?,47+,52?,53?,54?,55?,56?,57-,58-,59?,60-,61?,62+,63-,64-,65-,66-/m0/s1. The lowest BCUT2D eigenvalue weighted by Gasteiger charge is -2.51. The number of ether oxygens (including phenoxy) is 13. The first-order valence-corrected chi connectivity index (χ1v) is 30.5. The molecular formula is C66H98O14. The smallest absolute Gasteiger partial charge is 0.303 e. The van der Waals surface area contributed by atoms with E-state index >= 15 is 0 Å². The van der Waals surface area contributed by atoms with Crippen LogP contribution in [0.5, 0.6) is 0 Å². The summed E-state index contributed by atoms with van der Waals surface area (Å²) in [4.78, 5) is 12.9. The first-order chi connectivity index (χ1) is 38.5. The van der Waals surface area contributed by atoms with E-state index in [-0.39, 0.29) is 85.5 Å². The molecule has 14 heteroatoms. The van der Waals surface area contributed by atoms with Crippen molar-refractivity contribution in [2.45, 2.75) is 229 Å². The molecule has 5 heterocycles. The fourth-order valence-electron chi connectivity index (χ4n) is 12.9. The summed E-state index contributed by atoms with van der Waals surface area (Å²) < 4.78 is 90.4. The normalized spacial score (nSPS) is 40.5. The van der Waals surface area contributed by atoms with Crippen LogP contribution < -0.4 is 0 Å². The molecule has 5 saturated heterocycles. The van der Waals surface area contributed by atoms with E-state index in [4.69, 9.17) is 61.6 Å². The van der Waals surface area contributed by atoms with E-state index in [2.05, 4.69) is 114 Å². The molecule has 5 fully saturated rings. The van der Waals surface area contributed by atoms with Crippen molar-refractivity contribution in [1.29, 1.82) is 0 Å². The minimum atomic E-state index is -1.03. The van der Waals surface area contributed by atoms with Gasteiger partial charge in [-0.3, -0.25) is 4.79 Å². The monoisotopic (exact) mass is 1110 g/mol. The summed E-state index contributed by atoms with van der Waals surface area (Å²) >= 11 is 0. The third-order valence-corrected chi connectivity index (χ3v) is 19.2. The Kier molecular flexibility index (Phi) is 23.1. The highest BCUT2D eigenvalue weighted by atomic mass is 16.8. The Morgan fingerprint density at radius 3 is 1.35 bits per heavy atom. The number of carbonyl (C=O) groups is 1. The van der Waals surface area contributed by atoms with Gasteiger partial charge in [0, 0.05) is 30.6 Å². The maximum absolute atomic E-state index is 12.9. The van der Waals surface area contributed by atoms with Crippen LogP contribution in [-0.2, 0) is 86.2 Å². The van der Waals surface area contributed by atoms with Gasteiger partial charge in [0.25, 0.3) is 0 Å². The molecule has 80 heavy (non-hydrogen) atoms. The molecule has 8 rings (SSSR count). The maximum atomic E-state index is 12.9. The van der Waals surface area contributed by atoms with Crippen LogP contribution in [0.25, 0.3) is 0 Å². The van der Waals surface area contributed by atoms with Gasteiger partial charge in [-0.05, 0) is 71.5 Å². The molecule has 0 amide bonds. The first-order valence-electron chi connectivity index (χ1n) is 30.5. The topological polar surface area (TPSA) is 137 Å². The molecule has 0 bridgehead atoms. The van der Waals surface area contributed by atoms with Gasteiger partial charge < -0.3 is 61.6 Å². The van der Waals surface area contributed by atoms with Crippen molar-refractivity contribution in [3.8, 4) is 0 Å². The highest BCUT2D eigenvalue weighted by molar-refractivity contribution is 5.66. The van der Waals surface area contributed by atoms with Crippen LogP contribution in [0, 0.1) is 59.2 Å². The summed E-state index contributed by atoms with van der Waals surface area (Å²) in [6, 6.07) is 30.3. The van der Waals surface area contributed by atoms with Gasteiger partial charge >= 0.3 is 5.97 Å². The van der Waals surface area contributed by atoms with Gasteiger partial charge in [0.05, 0.1) is 69.7 Å². The van der Waals surface area contributed by atoms with Crippen molar-refractivity contribution in [2.75, 3.05) is 13.2 Å². The summed E-state index contributed by atoms with van der Waals surface area (Å²) in [6.45, 7) is 31.2. The van der Waals surface area contributed by atoms with Crippen LogP contribution in [0.15, 0.2) is 91.0 Å². The second-order valence-electron chi connectivity index (χ2n) is 24.3. The predicted octanol–water partition coefficient (Wildman–Crippen LogP) is 12.3. The highest BCUT2D eigenvalue weighted by Crippen LogP contribution is 2.44. The molecule has 0 aliphatic carbocycles. The molecule has 14 nitrogen and oxygen atoms in total. The minimum absolute atomic E-state index is 0.0524. The zero-order valence-corrected chi connectivity index (χ0v) is 50.5. The molecule has 5 aliphatic heterocycles. The summed E-state index contributed by atoms with van der Waals surface area (Å²) in [5.74, 6) is 0.269. The molecular weight excluding hydrogens is 1020 g/mol. The fraction of sp³-hybridized carbons (Fsp3) is 0.712. The lowest BCUT2D eigenvalue weighted by atomic mass is 9.78. The van der Waals surface area contributed by atoms with Crippen LogP contribution >= 0.6 is 0 Å². The third-order valence-electron chi connectivity index (χ3n) is 19.2. The molecule has 0 saturated carbocycles. The summed E-state index contributed by atoms with van der Waals surface area (Å²) in [5, 5.41) is 0. The molecule has 0 aromatic heterocycles. The van der Waals surface area contributed by atoms with Gasteiger partial charge in [-0.2, -0.15) is 0 Å². The van der Waals surface area contributed by atoms with Gasteiger partial charge in [0.15, 0.2) is 37.6 Å². The van der Waals surface area contributed by atoms with Crippen LogP contribution in [0.3, 0.4) is 0 Å². The molecule has 0 spiro atoms. The largest absolute Gasteiger partial charge is 0.457 e. The van der Waals surface area contributed by atoms with Crippen molar-refractivity contribution in [3.63, 3.8) is 0 Å². The molecule has 3 aromatic carbocycles. The molecule has 0 radical (unpaired) electrons. The lowest BCUT2D eigenvalue weighted by molar-refractivity contribution is -0.378. The first kappa shape index (κ1) is 62.7. The number of rotatable bonds is 23. The van der Waals surface area contributed by atoms with Crippen LogP contribution in [-0.4, -0.2) is 112 Å². The summed E-state index contributed by atoms with van der Waals surface area (Å²) in [6.07, 6.45) is -5.74. The van der Waals surface area contributed by atoms with Gasteiger partial charge in [-0.15, -0.1) is 0 Å². The number of benzene rings is 3. The van der Waals surface area contributed by atoms with Crippen molar-refractivity contribution in [1.82, 2.24) is 0 Å². The number of hydrogen-bond acceptors (Lipinski definition) is 14. The van der Waals surface area contributed by atoms with E-state index in [1.807, 2.05) is 66.7 Å². The van der Waals surface area contributed by atoms with Crippen molar-refractivity contribution < 1.29 is 66.4 Å². The van der Waals surface area contributed by atoms with Gasteiger partial charge in [0.1, 0.15) is 18.3 Å². The Bertz CT molecular complexity index is 2270. The second-order valence-corrected chi connectivity index (χ2v) is 24.3. The average molecular weight is 1120 g/mol. The van der Waals surface area contributed by atoms with Crippen LogP contribution in [0.2, 0.25) is 0 Å². The van der Waals surface area contributed by atoms with Crippen LogP contribution in [0.1, 0.15) is 133 Å². The third kappa shape index (κ3) is 15.1. The molecule has 5 aliphatic rings. The van der Waals surface area contributed by atoms with Crippen molar-refractivity contribution in [3.05, 3.63) is 108 Å². The Balaban J connectivity index is 1.14. The Labute approximate surface area is 479 Å². The van der Waals surface area contributed by atoms with Gasteiger partial charge in [-0.25, -0.2) is 0 Å². The number of esters is 1. The highest BCUT2D eigenvalue weighted by Gasteiger charge is 2.55. The van der Waals surface area contributed by atoms with E-state index in [0.29, 0.717) is 25.0 Å². The summed E-state index contributed by atoms with van der Waals surface area (Å²) in [5.41, 5.74) is 3.07. The lowest BCUT2D eigenvalue weighted by Crippen LogP contribution is -2.63.